The largest absolute Gasteiger partial charge is 0.390 e. The highest BCUT2D eigenvalue weighted by Gasteiger charge is 2.20. The molecule has 0 radical (unpaired) electrons. The Bertz CT molecular complexity index is 111. The van der Waals surface area contributed by atoms with Gasteiger partial charge in [-0.15, -0.1) is 0 Å². The Kier molecular flexibility index (Phi) is 5.62. The maximum Gasteiger partial charge on any atom is 0.0620 e. The lowest BCUT2D eigenvalue weighted by atomic mass is 9.89. The van der Waals surface area contributed by atoms with Crippen LogP contribution < -0.4 is 0 Å². The average Bonchev–Trinajstić information content (AvgIpc) is 1.98. The van der Waals surface area contributed by atoms with E-state index in [2.05, 4.69) is 27.7 Å². The highest BCUT2D eigenvalue weighted by molar-refractivity contribution is 4.73. The van der Waals surface area contributed by atoms with Crippen molar-refractivity contribution in [2.75, 3.05) is 0 Å². The molecule has 1 N–H and O–H groups in total. The van der Waals surface area contributed by atoms with Crippen molar-refractivity contribution in [3.63, 3.8) is 0 Å². The summed E-state index contributed by atoms with van der Waals surface area (Å²) in [5, 5.41) is 10.0. The highest BCUT2D eigenvalue weighted by Crippen LogP contribution is 2.23. The van der Waals surface area contributed by atoms with Crippen LogP contribution in [0.4, 0.5) is 0 Å². The minimum Gasteiger partial charge on any atom is -0.390 e. The van der Waals surface area contributed by atoms with Gasteiger partial charge in [0.25, 0.3) is 0 Å². The van der Waals surface area contributed by atoms with E-state index in [-0.39, 0.29) is 0 Å². The summed E-state index contributed by atoms with van der Waals surface area (Å²) in [5.74, 6) is 1.40. The van der Waals surface area contributed by atoms with Crippen molar-refractivity contribution >= 4 is 0 Å². The Balaban J connectivity index is 3.66. The maximum atomic E-state index is 10.0. The molecule has 0 aromatic heterocycles. The molecule has 0 unspecified atom stereocenters. The van der Waals surface area contributed by atoms with Gasteiger partial charge in [0.1, 0.15) is 0 Å². The molecule has 0 fully saturated rings. The lowest BCUT2D eigenvalue weighted by Crippen LogP contribution is -2.25. The van der Waals surface area contributed by atoms with E-state index in [1.807, 2.05) is 6.92 Å². The zero-order valence-electron chi connectivity index (χ0n) is 9.93. The Morgan fingerprint density at radius 1 is 0.923 bits per heavy atom. The van der Waals surface area contributed by atoms with Gasteiger partial charge in [-0.25, -0.2) is 0 Å². The Labute approximate surface area is 83.5 Å². The van der Waals surface area contributed by atoms with E-state index in [0.29, 0.717) is 11.8 Å². The molecular formula is C12H26O. The summed E-state index contributed by atoms with van der Waals surface area (Å²) < 4.78 is 0. The van der Waals surface area contributed by atoms with E-state index in [1.165, 1.54) is 0 Å². The molecule has 80 valence electrons. The Hall–Kier alpha value is -0.0400. The quantitative estimate of drug-likeness (QED) is 0.672. The minimum atomic E-state index is -0.436. The fraction of sp³-hybridized carbons (Fsp3) is 1.00. The third-order valence-corrected chi connectivity index (χ3v) is 2.52. The van der Waals surface area contributed by atoms with Gasteiger partial charge in [-0.05, 0) is 44.4 Å². The standard InChI is InChI=1S/C12H26O/c1-10(2)6-8-12(5,13)9-7-11(3)4/h10-11,13H,6-9H2,1-5H3. The third-order valence-electron chi connectivity index (χ3n) is 2.52. The predicted octanol–water partition coefficient (Wildman–Crippen LogP) is 3.61. The van der Waals surface area contributed by atoms with Crippen LogP contribution in [0.1, 0.15) is 60.3 Å². The third kappa shape index (κ3) is 8.29. The average molecular weight is 186 g/mol. The summed E-state index contributed by atoms with van der Waals surface area (Å²) >= 11 is 0. The normalized spacial score (nSPS) is 12.9. The van der Waals surface area contributed by atoms with Crippen molar-refractivity contribution in [2.24, 2.45) is 11.8 Å². The van der Waals surface area contributed by atoms with Crippen LogP contribution in [-0.4, -0.2) is 10.7 Å². The molecule has 0 rings (SSSR count). The van der Waals surface area contributed by atoms with E-state index in [4.69, 9.17) is 0 Å². The summed E-state index contributed by atoms with van der Waals surface area (Å²) in [7, 11) is 0. The van der Waals surface area contributed by atoms with Crippen LogP contribution in [0, 0.1) is 11.8 Å². The molecule has 1 heteroatoms. The Morgan fingerprint density at radius 2 is 1.23 bits per heavy atom. The lowest BCUT2D eigenvalue weighted by Gasteiger charge is -2.25. The van der Waals surface area contributed by atoms with Crippen molar-refractivity contribution in [2.45, 2.75) is 65.9 Å². The first-order valence-electron chi connectivity index (χ1n) is 5.56. The van der Waals surface area contributed by atoms with E-state index in [0.717, 1.165) is 25.7 Å². The van der Waals surface area contributed by atoms with Gasteiger partial charge in [0.15, 0.2) is 0 Å². The smallest absolute Gasteiger partial charge is 0.0620 e. The monoisotopic (exact) mass is 186 g/mol. The molecule has 0 amide bonds. The second kappa shape index (κ2) is 5.64. The van der Waals surface area contributed by atoms with Crippen LogP contribution >= 0.6 is 0 Å². The first kappa shape index (κ1) is 13.0. The van der Waals surface area contributed by atoms with Crippen molar-refractivity contribution in [1.29, 1.82) is 0 Å². The predicted molar refractivity (Wildman–Crippen MR) is 58.8 cm³/mol. The molecule has 0 aliphatic rings. The zero-order valence-corrected chi connectivity index (χ0v) is 9.93. The molecule has 0 aliphatic carbocycles. The van der Waals surface area contributed by atoms with E-state index < -0.39 is 5.60 Å². The summed E-state index contributed by atoms with van der Waals surface area (Å²) in [5.41, 5.74) is -0.436. The first-order valence-corrected chi connectivity index (χ1v) is 5.56. The van der Waals surface area contributed by atoms with Gasteiger partial charge in [-0.2, -0.15) is 0 Å². The van der Waals surface area contributed by atoms with Gasteiger partial charge < -0.3 is 5.11 Å². The summed E-state index contributed by atoms with van der Waals surface area (Å²) in [6.07, 6.45) is 4.14. The second-order valence-electron chi connectivity index (χ2n) is 5.36. The number of hydrogen-bond acceptors (Lipinski definition) is 1. The van der Waals surface area contributed by atoms with Crippen LogP contribution in [0.25, 0.3) is 0 Å². The molecule has 0 aromatic rings. The SMILES string of the molecule is CC(C)CCC(C)(O)CCC(C)C. The second-order valence-corrected chi connectivity index (χ2v) is 5.36. The maximum absolute atomic E-state index is 10.0. The van der Waals surface area contributed by atoms with Gasteiger partial charge in [0, 0.05) is 0 Å². The van der Waals surface area contributed by atoms with Crippen molar-refractivity contribution < 1.29 is 5.11 Å². The molecule has 0 saturated carbocycles. The van der Waals surface area contributed by atoms with Gasteiger partial charge in [-0.3, -0.25) is 0 Å². The van der Waals surface area contributed by atoms with Crippen molar-refractivity contribution in [1.82, 2.24) is 0 Å². The molecule has 0 atom stereocenters. The Morgan fingerprint density at radius 3 is 1.46 bits per heavy atom. The lowest BCUT2D eigenvalue weighted by molar-refractivity contribution is 0.0315. The van der Waals surface area contributed by atoms with Crippen LogP contribution in [0.2, 0.25) is 0 Å². The summed E-state index contributed by atoms with van der Waals surface area (Å²) in [4.78, 5) is 0. The van der Waals surface area contributed by atoms with Crippen LogP contribution in [0.3, 0.4) is 0 Å². The fourth-order valence-electron chi connectivity index (χ4n) is 1.32. The van der Waals surface area contributed by atoms with Crippen LogP contribution in [0.5, 0.6) is 0 Å². The topological polar surface area (TPSA) is 20.2 Å². The molecule has 0 aromatic carbocycles. The van der Waals surface area contributed by atoms with E-state index >= 15 is 0 Å². The minimum absolute atomic E-state index is 0.436. The van der Waals surface area contributed by atoms with Crippen LogP contribution in [0.15, 0.2) is 0 Å². The fourth-order valence-corrected chi connectivity index (χ4v) is 1.32. The van der Waals surface area contributed by atoms with Gasteiger partial charge in [0.05, 0.1) is 5.60 Å². The number of hydrogen-bond donors (Lipinski definition) is 1. The van der Waals surface area contributed by atoms with E-state index in [1.54, 1.807) is 0 Å². The van der Waals surface area contributed by atoms with Gasteiger partial charge in [0.2, 0.25) is 0 Å². The molecular weight excluding hydrogens is 160 g/mol. The zero-order chi connectivity index (χ0) is 10.5. The molecule has 0 spiro atoms. The van der Waals surface area contributed by atoms with Gasteiger partial charge in [-0.1, -0.05) is 27.7 Å². The number of aliphatic hydroxyl groups is 1. The molecule has 13 heavy (non-hydrogen) atoms. The molecule has 0 heterocycles. The first-order chi connectivity index (χ1) is 5.83. The summed E-state index contributed by atoms with van der Waals surface area (Å²) in [6, 6.07) is 0. The van der Waals surface area contributed by atoms with Crippen molar-refractivity contribution in [3.8, 4) is 0 Å². The van der Waals surface area contributed by atoms with Crippen molar-refractivity contribution in [3.05, 3.63) is 0 Å². The van der Waals surface area contributed by atoms with E-state index in [9.17, 15) is 5.11 Å². The molecule has 1 nitrogen and oxygen atoms in total. The summed E-state index contributed by atoms with van der Waals surface area (Å²) in [6.45, 7) is 10.8. The number of rotatable bonds is 6. The molecule has 0 bridgehead atoms. The van der Waals surface area contributed by atoms with Gasteiger partial charge >= 0.3 is 0 Å². The molecule has 0 aliphatic heterocycles. The highest BCUT2D eigenvalue weighted by atomic mass is 16.3. The van der Waals surface area contributed by atoms with Crippen LogP contribution in [-0.2, 0) is 0 Å². The molecule has 0 saturated heterocycles.